The first-order valence-electron chi connectivity index (χ1n) is 9.19. The van der Waals surface area contributed by atoms with Crippen LogP contribution < -0.4 is 29.6 Å². The molecule has 8 nitrogen and oxygen atoms in total. The van der Waals surface area contributed by atoms with E-state index in [1.807, 2.05) is 0 Å². The topological polar surface area (TPSA) is 95.1 Å². The Morgan fingerprint density at radius 2 is 1.03 bits per heavy atom. The van der Waals surface area contributed by atoms with E-state index in [-0.39, 0.29) is 25.4 Å². The Hall–Kier alpha value is -4.20. The molecule has 0 aliphatic carbocycles. The van der Waals surface area contributed by atoms with Crippen LogP contribution in [0, 0.1) is 0 Å². The second-order valence-electron chi connectivity index (χ2n) is 6.56. The minimum atomic E-state index is -0.314. The Kier molecular flexibility index (Phi) is 4.36. The number of ether oxygens (including phenoxy) is 4. The summed E-state index contributed by atoms with van der Waals surface area (Å²) in [5, 5.41) is 5.62. The van der Waals surface area contributed by atoms with E-state index in [1.54, 1.807) is 60.7 Å². The highest BCUT2D eigenvalue weighted by Gasteiger charge is 2.23. The highest BCUT2D eigenvalue weighted by molar-refractivity contribution is 6.08. The fourth-order valence-corrected chi connectivity index (χ4v) is 3.25. The Morgan fingerprint density at radius 1 is 0.600 bits per heavy atom. The minimum Gasteiger partial charge on any atom is -0.454 e. The van der Waals surface area contributed by atoms with Crippen LogP contribution in [0.3, 0.4) is 0 Å². The summed E-state index contributed by atoms with van der Waals surface area (Å²) in [7, 11) is 0. The number of fused-ring (bicyclic) bond motifs is 2. The zero-order chi connectivity index (χ0) is 20.5. The van der Waals surface area contributed by atoms with Crippen molar-refractivity contribution >= 4 is 23.2 Å². The van der Waals surface area contributed by atoms with Crippen LogP contribution in [-0.4, -0.2) is 25.4 Å². The van der Waals surface area contributed by atoms with Gasteiger partial charge in [0.25, 0.3) is 11.8 Å². The first kappa shape index (κ1) is 17.9. The molecule has 2 heterocycles. The summed E-state index contributed by atoms with van der Waals surface area (Å²) in [5.74, 6) is 1.32. The zero-order valence-electron chi connectivity index (χ0n) is 15.6. The highest BCUT2D eigenvalue weighted by Crippen LogP contribution is 2.36. The van der Waals surface area contributed by atoms with Gasteiger partial charge in [0, 0.05) is 11.4 Å². The maximum absolute atomic E-state index is 12.6. The van der Waals surface area contributed by atoms with Gasteiger partial charge in [0.2, 0.25) is 13.6 Å². The minimum absolute atomic E-state index is 0.0931. The van der Waals surface area contributed by atoms with E-state index in [1.165, 1.54) is 0 Å². The van der Waals surface area contributed by atoms with E-state index in [2.05, 4.69) is 10.6 Å². The van der Waals surface area contributed by atoms with Crippen LogP contribution in [0.2, 0.25) is 0 Å². The normalized spacial score (nSPS) is 13.1. The Balaban J connectivity index is 1.27. The Morgan fingerprint density at radius 3 is 1.47 bits per heavy atom. The molecule has 3 aromatic rings. The molecular formula is C22H16N2O6. The first-order chi connectivity index (χ1) is 14.7. The molecule has 0 unspecified atom stereocenters. The zero-order valence-corrected chi connectivity index (χ0v) is 15.6. The molecule has 3 aromatic carbocycles. The fourth-order valence-electron chi connectivity index (χ4n) is 3.25. The highest BCUT2D eigenvalue weighted by atomic mass is 16.7. The molecule has 150 valence electrons. The van der Waals surface area contributed by atoms with Gasteiger partial charge in [-0.15, -0.1) is 0 Å². The van der Waals surface area contributed by atoms with Crippen LogP contribution in [0.25, 0.3) is 0 Å². The number of hydrogen-bond donors (Lipinski definition) is 2. The van der Waals surface area contributed by atoms with Crippen LogP contribution in [0.1, 0.15) is 20.7 Å². The number of amides is 2. The van der Waals surface area contributed by atoms with Crippen molar-refractivity contribution < 1.29 is 28.5 Å². The van der Waals surface area contributed by atoms with Gasteiger partial charge >= 0.3 is 0 Å². The number of nitrogens with one attached hydrogen (secondary N) is 2. The lowest BCUT2D eigenvalue weighted by Gasteiger charge is -2.10. The van der Waals surface area contributed by atoms with Gasteiger partial charge in [-0.2, -0.15) is 0 Å². The summed E-state index contributed by atoms with van der Waals surface area (Å²) in [4.78, 5) is 25.2. The number of anilines is 2. The van der Waals surface area contributed by atoms with Crippen LogP contribution in [0.4, 0.5) is 11.4 Å². The van der Waals surface area contributed by atoms with E-state index in [9.17, 15) is 9.59 Å². The molecule has 0 saturated carbocycles. The third-order valence-corrected chi connectivity index (χ3v) is 4.68. The standard InChI is InChI=1S/C22H16N2O6/c25-21(15-3-1-5-17-19(15)29-11-27-17)23-13-7-9-14(10-8-13)24-22(26)16-4-2-6-18-20(16)30-12-28-18/h1-10H,11-12H2,(H,23,25)(H,24,26). The van der Waals surface area contributed by atoms with Gasteiger partial charge in [0.05, 0.1) is 11.1 Å². The van der Waals surface area contributed by atoms with E-state index in [0.717, 1.165) is 0 Å². The Labute approximate surface area is 171 Å². The van der Waals surface area contributed by atoms with Crippen molar-refractivity contribution in [3.05, 3.63) is 71.8 Å². The molecule has 0 spiro atoms. The predicted molar refractivity (Wildman–Crippen MR) is 107 cm³/mol. The number of carbonyl (C=O) groups excluding carboxylic acids is 2. The quantitative estimate of drug-likeness (QED) is 0.689. The van der Waals surface area contributed by atoms with E-state index in [4.69, 9.17) is 18.9 Å². The van der Waals surface area contributed by atoms with Crippen molar-refractivity contribution in [2.75, 3.05) is 24.2 Å². The largest absolute Gasteiger partial charge is 0.454 e. The van der Waals surface area contributed by atoms with Gasteiger partial charge < -0.3 is 29.6 Å². The molecule has 2 aliphatic heterocycles. The number of hydrogen-bond acceptors (Lipinski definition) is 6. The molecule has 0 fully saturated rings. The molecule has 2 amide bonds. The molecular weight excluding hydrogens is 388 g/mol. The molecule has 0 saturated heterocycles. The molecule has 30 heavy (non-hydrogen) atoms. The van der Waals surface area contributed by atoms with Gasteiger partial charge in [-0.1, -0.05) is 12.1 Å². The van der Waals surface area contributed by atoms with Gasteiger partial charge in [-0.3, -0.25) is 9.59 Å². The summed E-state index contributed by atoms with van der Waals surface area (Å²) in [6, 6.07) is 17.1. The maximum atomic E-state index is 12.6. The Bertz CT molecular complexity index is 1050. The molecule has 5 rings (SSSR count). The predicted octanol–water partition coefficient (Wildman–Crippen LogP) is 3.65. The van der Waals surface area contributed by atoms with Crippen molar-refractivity contribution in [3.63, 3.8) is 0 Å². The van der Waals surface area contributed by atoms with Crippen molar-refractivity contribution in [2.45, 2.75) is 0 Å². The second-order valence-corrected chi connectivity index (χ2v) is 6.56. The van der Waals surface area contributed by atoms with Crippen molar-refractivity contribution in [1.82, 2.24) is 0 Å². The van der Waals surface area contributed by atoms with E-state index in [0.29, 0.717) is 45.5 Å². The molecule has 0 aromatic heterocycles. The van der Waals surface area contributed by atoms with Crippen LogP contribution >= 0.6 is 0 Å². The van der Waals surface area contributed by atoms with E-state index < -0.39 is 0 Å². The SMILES string of the molecule is O=C(Nc1ccc(NC(=O)c2cccc3c2OCO3)cc1)c1cccc2c1OCO2. The number of para-hydroxylation sites is 2. The third kappa shape index (κ3) is 3.24. The van der Waals surface area contributed by atoms with Crippen LogP contribution in [-0.2, 0) is 0 Å². The molecule has 8 heteroatoms. The number of carbonyl (C=O) groups is 2. The van der Waals surface area contributed by atoms with Gasteiger partial charge in [0.15, 0.2) is 23.0 Å². The van der Waals surface area contributed by atoms with Gasteiger partial charge in [-0.25, -0.2) is 0 Å². The van der Waals surface area contributed by atoms with Crippen LogP contribution in [0.15, 0.2) is 60.7 Å². The second kappa shape index (κ2) is 7.32. The first-order valence-corrected chi connectivity index (χ1v) is 9.19. The maximum Gasteiger partial charge on any atom is 0.259 e. The van der Waals surface area contributed by atoms with Crippen molar-refractivity contribution in [3.8, 4) is 23.0 Å². The monoisotopic (exact) mass is 404 g/mol. The van der Waals surface area contributed by atoms with Gasteiger partial charge in [-0.05, 0) is 48.5 Å². The number of rotatable bonds is 4. The average Bonchev–Trinajstić information content (AvgIpc) is 3.43. The summed E-state index contributed by atoms with van der Waals surface area (Å²) in [6.07, 6.45) is 0. The molecule has 2 N–H and O–H groups in total. The summed E-state index contributed by atoms with van der Waals surface area (Å²) in [5.41, 5.74) is 1.93. The van der Waals surface area contributed by atoms with E-state index >= 15 is 0 Å². The molecule has 0 atom stereocenters. The van der Waals surface area contributed by atoms with Gasteiger partial charge in [0.1, 0.15) is 0 Å². The summed E-state index contributed by atoms with van der Waals surface area (Å²) < 4.78 is 21.3. The third-order valence-electron chi connectivity index (χ3n) is 4.68. The lowest BCUT2D eigenvalue weighted by Crippen LogP contribution is -2.14. The molecule has 2 aliphatic rings. The summed E-state index contributed by atoms with van der Waals surface area (Å²) in [6.45, 7) is 0.186. The number of benzene rings is 3. The van der Waals surface area contributed by atoms with Crippen LogP contribution in [0.5, 0.6) is 23.0 Å². The smallest absolute Gasteiger partial charge is 0.259 e. The van der Waals surface area contributed by atoms with Crippen molar-refractivity contribution in [1.29, 1.82) is 0 Å². The fraction of sp³-hybridized carbons (Fsp3) is 0.0909. The van der Waals surface area contributed by atoms with Crippen molar-refractivity contribution in [2.24, 2.45) is 0 Å². The summed E-state index contributed by atoms with van der Waals surface area (Å²) >= 11 is 0. The lowest BCUT2D eigenvalue weighted by molar-refractivity contribution is 0.101. The lowest BCUT2D eigenvalue weighted by atomic mass is 10.1. The average molecular weight is 404 g/mol. The molecule has 0 radical (unpaired) electrons. The molecule has 0 bridgehead atoms.